The molecule has 0 aromatic carbocycles. The molecule has 38 valence electrons. The Morgan fingerprint density at radius 2 is 1.33 bits per heavy atom. The van der Waals surface area contributed by atoms with Crippen molar-refractivity contribution >= 4 is 0 Å². The average Bonchev–Trinajstić information content (AvgIpc) is 1.46. The molecule has 0 aliphatic rings. The first-order valence-corrected chi connectivity index (χ1v) is 1.17. The van der Waals surface area contributed by atoms with Gasteiger partial charge in [-0.3, -0.25) is 0 Å². The topological polar surface area (TPSA) is 51.7 Å². The summed E-state index contributed by atoms with van der Waals surface area (Å²) in [4.78, 5) is 0. The summed E-state index contributed by atoms with van der Waals surface area (Å²) in [6.07, 6.45) is 0.750. The third kappa shape index (κ3) is 28.1. The Morgan fingerprint density at radius 3 is 1.33 bits per heavy atom. The van der Waals surface area contributed by atoms with Gasteiger partial charge in [0.15, 0.2) is 0 Å². The van der Waals surface area contributed by atoms with Crippen LogP contribution in [0.15, 0.2) is 26.0 Å². The highest BCUT2D eigenvalue weighted by Crippen LogP contribution is 1.26. The van der Waals surface area contributed by atoms with Crippen LogP contribution >= 0.6 is 0 Å². The van der Waals surface area contributed by atoms with E-state index in [-0.39, 0.29) is 5.48 Å². The molecule has 0 aromatic rings. The average molecular weight is 90.1 g/mol. The van der Waals surface area contributed by atoms with Gasteiger partial charge in [0, 0.05) is 0 Å². The molecule has 2 nitrogen and oxygen atoms in total. The van der Waals surface area contributed by atoms with Crippen LogP contribution in [0.2, 0.25) is 0 Å². The Balaban J connectivity index is -0.0000000275. The van der Waals surface area contributed by atoms with Crippen molar-refractivity contribution in [2.75, 3.05) is 0 Å². The molecule has 0 atom stereocenters. The van der Waals surface area contributed by atoms with Gasteiger partial charge in [-0.15, -0.1) is 13.2 Å². The van der Waals surface area contributed by atoms with Crippen molar-refractivity contribution in [1.82, 2.24) is 0 Å². The molecular formula is C4H10O2. The van der Waals surface area contributed by atoms with Crippen LogP contribution in [-0.2, 0) is 0 Å². The van der Waals surface area contributed by atoms with Gasteiger partial charge in [-0.05, 0) is 0 Å². The number of hydrogen-bond acceptors (Lipinski definition) is 1. The van der Waals surface area contributed by atoms with Crippen LogP contribution in [0.25, 0.3) is 0 Å². The Hall–Kier alpha value is -0.760. The molecule has 0 bridgehead atoms. The first-order valence-electron chi connectivity index (χ1n) is 1.17. The molecular weight excluding hydrogens is 80.0 g/mol. The highest BCUT2D eigenvalue weighted by molar-refractivity contribution is 4.38. The Bertz CT molecular complexity index is 19.5. The largest absolute Gasteiger partial charge is 0.516 e. The van der Waals surface area contributed by atoms with Crippen LogP contribution in [0.1, 0.15) is 0 Å². The minimum atomic E-state index is 0. The lowest BCUT2D eigenvalue weighted by Crippen LogP contribution is -1.25. The third-order valence-electron chi connectivity index (χ3n) is 0. The fourth-order valence-corrected chi connectivity index (χ4v) is 0. The van der Waals surface area contributed by atoms with E-state index in [1.807, 2.05) is 0 Å². The third-order valence-corrected chi connectivity index (χ3v) is 0. The van der Waals surface area contributed by atoms with Crippen LogP contribution < -0.4 is 0 Å². The number of hydrogen-bond donors (Lipinski definition) is 1. The zero-order valence-corrected chi connectivity index (χ0v) is 3.65. The summed E-state index contributed by atoms with van der Waals surface area (Å²) in [5.41, 5.74) is 0. The van der Waals surface area contributed by atoms with Crippen molar-refractivity contribution in [2.45, 2.75) is 0 Å². The number of rotatable bonds is 0. The summed E-state index contributed by atoms with van der Waals surface area (Å²) in [7, 11) is 0. The van der Waals surface area contributed by atoms with Crippen molar-refractivity contribution in [2.24, 2.45) is 0 Å². The molecule has 0 amide bonds. The lowest BCUT2D eigenvalue weighted by molar-refractivity contribution is 0.476. The zero-order chi connectivity index (χ0) is 4.71. The maximum atomic E-state index is 7.33. The van der Waals surface area contributed by atoms with Gasteiger partial charge < -0.3 is 10.6 Å². The molecule has 2 heteroatoms. The van der Waals surface area contributed by atoms with Gasteiger partial charge >= 0.3 is 0 Å². The molecule has 0 aliphatic carbocycles. The number of aliphatic hydroxyl groups excluding tert-OH is 1. The fourth-order valence-electron chi connectivity index (χ4n) is 0. The molecule has 0 spiro atoms. The van der Waals surface area contributed by atoms with Crippen LogP contribution in [-0.4, -0.2) is 10.6 Å². The van der Waals surface area contributed by atoms with Crippen molar-refractivity contribution in [1.29, 1.82) is 0 Å². The summed E-state index contributed by atoms with van der Waals surface area (Å²) >= 11 is 0. The summed E-state index contributed by atoms with van der Waals surface area (Å²) < 4.78 is 0. The van der Waals surface area contributed by atoms with E-state index in [1.54, 1.807) is 0 Å². The molecule has 0 saturated heterocycles. The highest BCUT2D eigenvalue weighted by Gasteiger charge is 1.11. The van der Waals surface area contributed by atoms with E-state index in [0.29, 0.717) is 0 Å². The zero-order valence-electron chi connectivity index (χ0n) is 3.65. The van der Waals surface area contributed by atoms with Crippen molar-refractivity contribution in [3.8, 4) is 0 Å². The molecule has 0 aromatic heterocycles. The summed E-state index contributed by atoms with van der Waals surface area (Å²) in [6.45, 7) is 8.92. The minimum Gasteiger partial charge on any atom is -0.516 e. The monoisotopic (exact) mass is 90.1 g/mol. The standard InChI is InChI=1S/C2H4O.C2H4.H2O/c1-2-3;1-2;/h2-3H,1H2;1-2H2;1H2. The van der Waals surface area contributed by atoms with E-state index in [4.69, 9.17) is 5.11 Å². The Labute approximate surface area is 37.7 Å². The van der Waals surface area contributed by atoms with Crippen molar-refractivity contribution in [3.05, 3.63) is 26.0 Å². The summed E-state index contributed by atoms with van der Waals surface area (Å²) in [5.74, 6) is 0. The first kappa shape index (κ1) is 18.8. The van der Waals surface area contributed by atoms with Gasteiger partial charge in [0.1, 0.15) is 0 Å². The Morgan fingerprint density at radius 1 is 1.33 bits per heavy atom. The normalized spacial score (nSPS) is 2.67. The highest BCUT2D eigenvalue weighted by atomic mass is 16.2. The molecule has 3 N–H and O–H groups in total. The van der Waals surface area contributed by atoms with Crippen LogP contribution in [0, 0.1) is 0 Å². The molecule has 0 aliphatic heterocycles. The van der Waals surface area contributed by atoms with Gasteiger partial charge in [0.25, 0.3) is 0 Å². The van der Waals surface area contributed by atoms with Gasteiger partial charge in [-0.25, -0.2) is 0 Å². The predicted molar refractivity (Wildman–Crippen MR) is 27.7 cm³/mol. The van der Waals surface area contributed by atoms with E-state index in [0.717, 1.165) is 6.26 Å². The maximum absolute atomic E-state index is 7.33. The molecule has 0 unspecified atom stereocenters. The van der Waals surface area contributed by atoms with Gasteiger partial charge in [-0.1, -0.05) is 6.58 Å². The molecule has 0 saturated carbocycles. The first-order chi connectivity index (χ1) is 2.41. The molecule has 6 heavy (non-hydrogen) atoms. The fraction of sp³-hybridized carbons (Fsp3) is 0. The van der Waals surface area contributed by atoms with Crippen molar-refractivity contribution < 1.29 is 10.6 Å². The summed E-state index contributed by atoms with van der Waals surface area (Å²) in [5, 5.41) is 7.33. The summed E-state index contributed by atoms with van der Waals surface area (Å²) in [6, 6.07) is 0. The lowest BCUT2D eigenvalue weighted by Gasteiger charge is -1.41. The van der Waals surface area contributed by atoms with E-state index in [2.05, 4.69) is 19.7 Å². The molecule has 0 fully saturated rings. The van der Waals surface area contributed by atoms with E-state index in [9.17, 15) is 0 Å². The second-order valence-corrected chi connectivity index (χ2v) is 0.183. The van der Waals surface area contributed by atoms with E-state index in [1.165, 1.54) is 0 Å². The van der Waals surface area contributed by atoms with Crippen LogP contribution in [0.5, 0.6) is 0 Å². The maximum Gasteiger partial charge on any atom is 0.0719 e. The van der Waals surface area contributed by atoms with Crippen molar-refractivity contribution in [3.63, 3.8) is 0 Å². The predicted octanol–water partition coefficient (Wildman–Crippen LogP) is 0.665. The number of aliphatic hydroxyl groups is 1. The molecule has 0 heterocycles. The SMILES string of the molecule is C=C.C=CO.O. The quantitative estimate of drug-likeness (QED) is 0.345. The van der Waals surface area contributed by atoms with Gasteiger partial charge in [0.05, 0.1) is 6.26 Å². The smallest absolute Gasteiger partial charge is 0.0719 e. The van der Waals surface area contributed by atoms with Gasteiger partial charge in [-0.2, -0.15) is 0 Å². The minimum absolute atomic E-state index is 0. The van der Waals surface area contributed by atoms with Crippen LogP contribution in [0.3, 0.4) is 0 Å². The Kier molecular flexibility index (Phi) is 2420. The van der Waals surface area contributed by atoms with Crippen LogP contribution in [0.4, 0.5) is 0 Å². The lowest BCUT2D eigenvalue weighted by atomic mass is 11.2. The molecule has 0 radical (unpaired) electrons. The van der Waals surface area contributed by atoms with E-state index >= 15 is 0 Å². The molecule has 0 rings (SSSR count). The second-order valence-electron chi connectivity index (χ2n) is 0.183. The van der Waals surface area contributed by atoms with Gasteiger partial charge in [0.2, 0.25) is 0 Å². The van der Waals surface area contributed by atoms with E-state index < -0.39 is 0 Å². The second kappa shape index (κ2) is 773.